The Kier molecular flexibility index (Phi) is 6.77. The number of piperidine rings is 1. The fourth-order valence-corrected chi connectivity index (χ4v) is 3.42. The molecule has 0 radical (unpaired) electrons. The van der Waals surface area contributed by atoms with E-state index in [1.165, 1.54) is 19.3 Å². The molecule has 0 unspecified atom stereocenters. The number of carbonyl (C=O) groups excluding carboxylic acids is 1. The molecular weight excluding hydrogens is 330 g/mol. The van der Waals surface area contributed by atoms with E-state index in [4.69, 9.17) is 10.5 Å². The molecule has 150 valence electrons. The molecule has 7 nitrogen and oxygen atoms in total. The van der Waals surface area contributed by atoms with Crippen LogP contribution in [0.2, 0.25) is 0 Å². The Balaban J connectivity index is 1.82. The highest BCUT2D eigenvalue weighted by Crippen LogP contribution is 2.21. The number of hydrogen-bond acceptors (Lipinski definition) is 4. The Hall–Kier alpha value is -1.50. The molecule has 0 saturated carbocycles. The first-order valence-corrected chi connectivity index (χ1v) is 9.86. The zero-order chi connectivity index (χ0) is 19.4. The quantitative estimate of drug-likeness (QED) is 0.611. The van der Waals surface area contributed by atoms with Gasteiger partial charge in [0.05, 0.1) is 6.54 Å². The van der Waals surface area contributed by atoms with Gasteiger partial charge in [-0.3, -0.25) is 9.89 Å². The van der Waals surface area contributed by atoms with Gasteiger partial charge in [-0.05, 0) is 60.5 Å². The van der Waals surface area contributed by atoms with Gasteiger partial charge < -0.3 is 20.3 Å². The lowest BCUT2D eigenvalue weighted by Gasteiger charge is -2.40. The number of aliphatic imine (C=N–C) groups is 1. The highest BCUT2D eigenvalue weighted by Gasteiger charge is 2.29. The zero-order valence-electron chi connectivity index (χ0n) is 17.3. The molecule has 0 aromatic heterocycles. The second-order valence-corrected chi connectivity index (χ2v) is 8.99. The Morgan fingerprint density at radius 1 is 0.923 bits per heavy atom. The van der Waals surface area contributed by atoms with Crippen LogP contribution in [0.5, 0.6) is 0 Å². The van der Waals surface area contributed by atoms with E-state index in [-0.39, 0.29) is 11.6 Å². The summed E-state index contributed by atoms with van der Waals surface area (Å²) in [5, 5.41) is 0. The summed E-state index contributed by atoms with van der Waals surface area (Å²) in [5.41, 5.74) is 5.80. The molecule has 0 bridgehead atoms. The van der Waals surface area contributed by atoms with E-state index >= 15 is 0 Å². The van der Waals surface area contributed by atoms with E-state index in [0.29, 0.717) is 38.7 Å². The van der Waals surface area contributed by atoms with Crippen molar-refractivity contribution in [3.63, 3.8) is 0 Å². The molecule has 2 rings (SSSR count). The third-order valence-corrected chi connectivity index (χ3v) is 5.10. The predicted molar refractivity (Wildman–Crippen MR) is 105 cm³/mol. The van der Waals surface area contributed by atoms with Crippen molar-refractivity contribution in [3.05, 3.63) is 0 Å². The predicted octanol–water partition coefficient (Wildman–Crippen LogP) is 2.12. The number of amides is 1. The Morgan fingerprint density at radius 3 is 2.00 bits per heavy atom. The number of piperazine rings is 1. The number of hydrogen-bond donors (Lipinski definition) is 1. The Morgan fingerprint density at radius 2 is 1.46 bits per heavy atom. The topological polar surface area (TPSA) is 74.4 Å². The maximum absolute atomic E-state index is 12.1. The van der Waals surface area contributed by atoms with Crippen LogP contribution in [0.3, 0.4) is 0 Å². The highest BCUT2D eigenvalue weighted by molar-refractivity contribution is 5.78. The van der Waals surface area contributed by atoms with Crippen molar-refractivity contribution in [2.24, 2.45) is 10.7 Å². The van der Waals surface area contributed by atoms with Gasteiger partial charge in [-0.2, -0.15) is 0 Å². The monoisotopic (exact) mass is 367 g/mol. The SMILES string of the molecule is CC(C)(C)OC(=O)N1CCN(C(N)=NCC(C)(C)N2CCCCC2)CC1. The maximum atomic E-state index is 12.1. The number of guanidine groups is 1. The second kappa shape index (κ2) is 8.46. The van der Waals surface area contributed by atoms with Gasteiger partial charge in [-0.1, -0.05) is 6.42 Å². The van der Waals surface area contributed by atoms with Crippen LogP contribution >= 0.6 is 0 Å². The normalized spacial score (nSPS) is 21.0. The van der Waals surface area contributed by atoms with E-state index < -0.39 is 5.60 Å². The minimum atomic E-state index is -0.464. The van der Waals surface area contributed by atoms with Gasteiger partial charge in [0, 0.05) is 31.7 Å². The van der Waals surface area contributed by atoms with Gasteiger partial charge in [0.1, 0.15) is 5.60 Å². The average Bonchev–Trinajstić information content (AvgIpc) is 2.59. The van der Waals surface area contributed by atoms with E-state index in [1.54, 1.807) is 4.90 Å². The lowest BCUT2D eigenvalue weighted by atomic mass is 9.99. The molecule has 0 atom stereocenters. The van der Waals surface area contributed by atoms with Crippen molar-refractivity contribution in [2.45, 2.75) is 65.0 Å². The standard InChI is InChI=1S/C19H37N5O2/c1-18(2,3)26-17(25)23-13-11-22(12-14-23)16(20)21-15-19(4,5)24-9-7-6-8-10-24/h6-15H2,1-5H3,(H2,20,21). The largest absolute Gasteiger partial charge is 0.444 e. The van der Waals surface area contributed by atoms with E-state index in [0.717, 1.165) is 13.1 Å². The number of likely N-dealkylation sites (tertiary alicyclic amines) is 1. The second-order valence-electron chi connectivity index (χ2n) is 8.99. The molecule has 2 heterocycles. The molecule has 2 N–H and O–H groups in total. The van der Waals surface area contributed by atoms with Crippen molar-refractivity contribution in [1.82, 2.24) is 14.7 Å². The summed E-state index contributed by atoms with van der Waals surface area (Å²) in [6.45, 7) is 15.8. The lowest BCUT2D eigenvalue weighted by molar-refractivity contribution is 0.0186. The van der Waals surface area contributed by atoms with Crippen molar-refractivity contribution in [3.8, 4) is 0 Å². The van der Waals surface area contributed by atoms with Crippen LogP contribution < -0.4 is 5.73 Å². The molecular formula is C19H37N5O2. The minimum absolute atomic E-state index is 0.0311. The molecule has 2 fully saturated rings. The van der Waals surface area contributed by atoms with Crippen LogP contribution in [0.15, 0.2) is 4.99 Å². The van der Waals surface area contributed by atoms with Crippen molar-refractivity contribution >= 4 is 12.1 Å². The minimum Gasteiger partial charge on any atom is -0.444 e. The number of rotatable bonds is 3. The first kappa shape index (κ1) is 20.8. The van der Waals surface area contributed by atoms with Crippen molar-refractivity contribution in [1.29, 1.82) is 0 Å². The molecule has 2 aliphatic rings. The van der Waals surface area contributed by atoms with E-state index in [2.05, 4.69) is 28.6 Å². The van der Waals surface area contributed by atoms with Gasteiger partial charge >= 0.3 is 6.09 Å². The molecule has 0 aliphatic carbocycles. The number of ether oxygens (including phenoxy) is 1. The van der Waals surface area contributed by atoms with Crippen LogP contribution in [0.25, 0.3) is 0 Å². The molecule has 0 aromatic rings. The molecule has 0 aromatic carbocycles. The van der Waals surface area contributed by atoms with Gasteiger partial charge in [0.2, 0.25) is 0 Å². The number of nitrogens with zero attached hydrogens (tertiary/aromatic N) is 4. The van der Waals surface area contributed by atoms with E-state index in [9.17, 15) is 4.79 Å². The third-order valence-electron chi connectivity index (χ3n) is 5.10. The summed E-state index contributed by atoms with van der Waals surface area (Å²) in [6, 6.07) is 0. The van der Waals surface area contributed by atoms with Gasteiger partial charge in [0.15, 0.2) is 5.96 Å². The third kappa shape index (κ3) is 6.04. The van der Waals surface area contributed by atoms with Gasteiger partial charge in [-0.25, -0.2) is 4.79 Å². The van der Waals surface area contributed by atoms with Crippen LogP contribution in [0.1, 0.15) is 53.9 Å². The van der Waals surface area contributed by atoms with Gasteiger partial charge in [-0.15, -0.1) is 0 Å². The molecule has 2 aliphatic heterocycles. The van der Waals surface area contributed by atoms with Crippen molar-refractivity contribution < 1.29 is 9.53 Å². The molecule has 2 saturated heterocycles. The first-order valence-electron chi connectivity index (χ1n) is 9.86. The van der Waals surface area contributed by atoms with Crippen LogP contribution in [-0.2, 0) is 4.74 Å². The van der Waals surface area contributed by atoms with Crippen LogP contribution in [0.4, 0.5) is 4.79 Å². The van der Waals surface area contributed by atoms with Crippen LogP contribution in [0, 0.1) is 0 Å². The molecule has 1 amide bonds. The summed E-state index contributed by atoms with van der Waals surface area (Å²) in [7, 11) is 0. The zero-order valence-corrected chi connectivity index (χ0v) is 17.3. The Labute approximate surface area is 158 Å². The molecule has 0 spiro atoms. The summed E-state index contributed by atoms with van der Waals surface area (Å²) >= 11 is 0. The fourth-order valence-electron chi connectivity index (χ4n) is 3.42. The summed E-state index contributed by atoms with van der Waals surface area (Å²) in [4.78, 5) is 23.1. The summed E-state index contributed by atoms with van der Waals surface area (Å²) < 4.78 is 5.43. The molecule has 26 heavy (non-hydrogen) atoms. The summed E-state index contributed by atoms with van der Waals surface area (Å²) in [6.07, 6.45) is 3.63. The van der Waals surface area contributed by atoms with Crippen LogP contribution in [-0.4, -0.2) is 83.7 Å². The van der Waals surface area contributed by atoms with Crippen molar-refractivity contribution in [2.75, 3.05) is 45.8 Å². The van der Waals surface area contributed by atoms with E-state index in [1.807, 2.05) is 20.8 Å². The number of nitrogens with two attached hydrogens (primary N) is 1. The Bertz CT molecular complexity index is 499. The molecule has 7 heteroatoms. The fraction of sp³-hybridized carbons (Fsp3) is 0.895. The highest BCUT2D eigenvalue weighted by atomic mass is 16.6. The average molecular weight is 368 g/mol. The van der Waals surface area contributed by atoms with Gasteiger partial charge in [0.25, 0.3) is 0 Å². The first-order chi connectivity index (χ1) is 12.1. The smallest absolute Gasteiger partial charge is 0.410 e. The lowest BCUT2D eigenvalue weighted by Crippen LogP contribution is -2.54. The maximum Gasteiger partial charge on any atom is 0.410 e. The summed E-state index contributed by atoms with van der Waals surface area (Å²) in [5.74, 6) is 0.582. The number of carbonyl (C=O) groups is 1.